The first kappa shape index (κ1) is 21.9. The molecule has 0 unspecified atom stereocenters. The van der Waals surface area contributed by atoms with Crippen LogP contribution in [0, 0.1) is 12.7 Å². The summed E-state index contributed by atoms with van der Waals surface area (Å²) < 4.78 is 23.9. The lowest BCUT2D eigenvalue weighted by Gasteiger charge is -2.21. The molecule has 0 aliphatic carbocycles. The maximum absolute atomic E-state index is 14.0. The van der Waals surface area contributed by atoms with E-state index in [4.69, 9.17) is 9.47 Å². The zero-order chi connectivity index (χ0) is 21.6. The summed E-state index contributed by atoms with van der Waals surface area (Å²) in [6.07, 6.45) is -1.19. The molecule has 0 aromatic heterocycles. The molecule has 1 atom stereocenters. The number of methoxy groups -OCH3 is 1. The Hall–Kier alpha value is -3.42. The van der Waals surface area contributed by atoms with Gasteiger partial charge in [-0.2, -0.15) is 0 Å². The number of nitrogens with one attached hydrogen (secondary N) is 1. The number of esters is 1. The molecule has 29 heavy (non-hydrogen) atoms. The second kappa shape index (κ2) is 9.68. The molecule has 0 fully saturated rings. The highest BCUT2D eigenvalue weighted by molar-refractivity contribution is 5.96. The number of rotatable bonds is 7. The van der Waals surface area contributed by atoms with Gasteiger partial charge in [-0.05, 0) is 38.1 Å². The highest BCUT2D eigenvalue weighted by atomic mass is 19.1. The van der Waals surface area contributed by atoms with Gasteiger partial charge in [0.15, 0.2) is 6.10 Å². The standard InChI is InChI=1S/C21H23FN2O5/c1-13-5-7-15(8-6-13)23-19(25)12-24(3)20(26)14(2)29-21(27)17-10-9-16(28-4)11-18(17)22/h5-11,14H,12H2,1-4H3,(H,23,25)/t14-/m0/s1. The van der Waals surface area contributed by atoms with Crippen LogP contribution in [0.2, 0.25) is 0 Å². The number of halogens is 1. The number of amides is 2. The monoisotopic (exact) mass is 402 g/mol. The third-order valence-electron chi connectivity index (χ3n) is 4.12. The van der Waals surface area contributed by atoms with Crippen molar-refractivity contribution < 1.29 is 28.2 Å². The number of likely N-dealkylation sites (N-methyl/N-ethyl adjacent to an activating group) is 1. The van der Waals surface area contributed by atoms with Crippen LogP contribution in [-0.4, -0.2) is 49.5 Å². The molecular weight excluding hydrogens is 379 g/mol. The van der Waals surface area contributed by atoms with E-state index in [9.17, 15) is 18.8 Å². The topological polar surface area (TPSA) is 84.9 Å². The van der Waals surface area contributed by atoms with Gasteiger partial charge in [-0.25, -0.2) is 9.18 Å². The highest BCUT2D eigenvalue weighted by Crippen LogP contribution is 2.17. The Labute approximate surface area is 168 Å². The molecule has 0 saturated heterocycles. The minimum atomic E-state index is -1.19. The van der Waals surface area contributed by atoms with Gasteiger partial charge in [0.1, 0.15) is 11.6 Å². The number of carbonyl (C=O) groups excluding carboxylic acids is 3. The number of ether oxygens (including phenoxy) is 2. The molecule has 2 aromatic carbocycles. The molecule has 0 aliphatic rings. The van der Waals surface area contributed by atoms with Crippen molar-refractivity contribution in [3.8, 4) is 5.75 Å². The lowest BCUT2D eigenvalue weighted by Crippen LogP contribution is -2.41. The van der Waals surface area contributed by atoms with Gasteiger partial charge in [-0.3, -0.25) is 9.59 Å². The quantitative estimate of drug-likeness (QED) is 0.720. The van der Waals surface area contributed by atoms with Crippen LogP contribution in [0.3, 0.4) is 0 Å². The van der Waals surface area contributed by atoms with Gasteiger partial charge in [-0.1, -0.05) is 17.7 Å². The Morgan fingerprint density at radius 2 is 1.79 bits per heavy atom. The normalized spacial score (nSPS) is 11.3. The molecular formula is C21H23FN2O5. The molecule has 2 aromatic rings. The molecule has 8 heteroatoms. The van der Waals surface area contributed by atoms with Crippen LogP contribution in [0.4, 0.5) is 10.1 Å². The maximum atomic E-state index is 14.0. The van der Waals surface area contributed by atoms with E-state index in [1.165, 1.54) is 33.2 Å². The Morgan fingerprint density at radius 1 is 1.14 bits per heavy atom. The fourth-order valence-corrected chi connectivity index (χ4v) is 2.50. The van der Waals surface area contributed by atoms with E-state index < -0.39 is 29.7 Å². The SMILES string of the molecule is COc1ccc(C(=O)O[C@@H](C)C(=O)N(C)CC(=O)Nc2ccc(C)cc2)c(F)c1. The Balaban J connectivity index is 1.91. The molecule has 2 amide bonds. The maximum Gasteiger partial charge on any atom is 0.341 e. The highest BCUT2D eigenvalue weighted by Gasteiger charge is 2.25. The zero-order valence-corrected chi connectivity index (χ0v) is 16.7. The van der Waals surface area contributed by atoms with E-state index in [1.54, 1.807) is 12.1 Å². The Morgan fingerprint density at radius 3 is 2.38 bits per heavy atom. The lowest BCUT2D eigenvalue weighted by molar-refractivity contribution is -0.140. The van der Waals surface area contributed by atoms with Crippen LogP contribution in [0.15, 0.2) is 42.5 Å². The molecule has 2 rings (SSSR count). The van der Waals surface area contributed by atoms with Crippen molar-refractivity contribution in [1.29, 1.82) is 0 Å². The van der Waals surface area contributed by atoms with Crippen molar-refractivity contribution in [1.82, 2.24) is 4.90 Å². The minimum absolute atomic E-state index is 0.231. The van der Waals surface area contributed by atoms with Gasteiger partial charge >= 0.3 is 5.97 Å². The summed E-state index contributed by atoms with van der Waals surface area (Å²) in [7, 11) is 2.79. The first-order valence-electron chi connectivity index (χ1n) is 8.87. The van der Waals surface area contributed by atoms with Gasteiger partial charge in [0.05, 0.1) is 19.2 Å². The summed E-state index contributed by atoms with van der Waals surface area (Å²) >= 11 is 0. The molecule has 0 saturated carbocycles. The van der Waals surface area contributed by atoms with E-state index in [0.29, 0.717) is 5.69 Å². The summed E-state index contributed by atoms with van der Waals surface area (Å²) in [6, 6.07) is 10.9. The molecule has 0 spiro atoms. The predicted octanol–water partition coefficient (Wildman–Crippen LogP) is 2.79. The second-order valence-corrected chi connectivity index (χ2v) is 6.50. The second-order valence-electron chi connectivity index (χ2n) is 6.50. The number of benzene rings is 2. The van der Waals surface area contributed by atoms with Crippen molar-refractivity contribution in [3.05, 3.63) is 59.4 Å². The van der Waals surface area contributed by atoms with Crippen LogP contribution in [0.5, 0.6) is 5.75 Å². The number of carbonyl (C=O) groups is 3. The average molecular weight is 402 g/mol. The summed E-state index contributed by atoms with van der Waals surface area (Å²) in [4.78, 5) is 37.8. The van der Waals surface area contributed by atoms with Crippen molar-refractivity contribution in [3.63, 3.8) is 0 Å². The molecule has 154 valence electrons. The third-order valence-corrected chi connectivity index (χ3v) is 4.12. The van der Waals surface area contributed by atoms with E-state index in [0.717, 1.165) is 16.5 Å². The fraction of sp³-hybridized carbons (Fsp3) is 0.286. The summed E-state index contributed by atoms with van der Waals surface area (Å²) in [5, 5.41) is 2.68. The predicted molar refractivity (Wildman–Crippen MR) is 105 cm³/mol. The van der Waals surface area contributed by atoms with Crippen LogP contribution >= 0.6 is 0 Å². The van der Waals surface area contributed by atoms with E-state index in [2.05, 4.69) is 5.32 Å². The lowest BCUT2D eigenvalue weighted by atomic mass is 10.2. The minimum Gasteiger partial charge on any atom is -0.497 e. The number of anilines is 1. The van der Waals surface area contributed by atoms with Crippen LogP contribution < -0.4 is 10.1 Å². The number of nitrogens with zero attached hydrogens (tertiary/aromatic N) is 1. The summed E-state index contributed by atoms with van der Waals surface area (Å²) in [6.45, 7) is 3.06. The third kappa shape index (κ3) is 6.03. The number of aryl methyl sites for hydroxylation is 1. The van der Waals surface area contributed by atoms with Gasteiger partial charge in [0.2, 0.25) is 5.91 Å². The van der Waals surface area contributed by atoms with Crippen molar-refractivity contribution in [2.45, 2.75) is 20.0 Å². The van der Waals surface area contributed by atoms with E-state index in [-0.39, 0.29) is 17.9 Å². The first-order chi connectivity index (χ1) is 13.7. The Kier molecular flexibility index (Phi) is 7.30. The summed E-state index contributed by atoms with van der Waals surface area (Å²) in [5.41, 5.74) is 1.35. The molecule has 0 radical (unpaired) electrons. The van der Waals surface area contributed by atoms with Crippen molar-refractivity contribution in [2.75, 3.05) is 26.0 Å². The van der Waals surface area contributed by atoms with Gasteiger partial charge in [0.25, 0.3) is 5.91 Å². The van der Waals surface area contributed by atoms with Crippen LogP contribution in [0.25, 0.3) is 0 Å². The average Bonchev–Trinajstić information content (AvgIpc) is 2.68. The smallest absolute Gasteiger partial charge is 0.341 e. The van der Waals surface area contributed by atoms with Gasteiger partial charge in [0, 0.05) is 18.8 Å². The zero-order valence-electron chi connectivity index (χ0n) is 16.7. The van der Waals surface area contributed by atoms with Crippen molar-refractivity contribution >= 4 is 23.5 Å². The van der Waals surface area contributed by atoms with E-state index >= 15 is 0 Å². The molecule has 7 nitrogen and oxygen atoms in total. The number of hydrogen-bond acceptors (Lipinski definition) is 5. The van der Waals surface area contributed by atoms with Gasteiger partial charge < -0.3 is 19.7 Å². The van der Waals surface area contributed by atoms with Gasteiger partial charge in [-0.15, -0.1) is 0 Å². The van der Waals surface area contributed by atoms with Crippen LogP contribution in [-0.2, 0) is 14.3 Å². The summed E-state index contributed by atoms with van der Waals surface area (Å²) in [5.74, 6) is -2.54. The molecule has 1 N–H and O–H groups in total. The molecule has 0 heterocycles. The fourth-order valence-electron chi connectivity index (χ4n) is 2.50. The number of hydrogen-bond donors (Lipinski definition) is 1. The first-order valence-corrected chi connectivity index (χ1v) is 8.87. The van der Waals surface area contributed by atoms with E-state index in [1.807, 2.05) is 19.1 Å². The largest absolute Gasteiger partial charge is 0.497 e. The van der Waals surface area contributed by atoms with Crippen molar-refractivity contribution in [2.24, 2.45) is 0 Å². The Bertz CT molecular complexity index is 898. The molecule has 0 bridgehead atoms. The molecule has 0 aliphatic heterocycles. The van der Waals surface area contributed by atoms with Crippen LogP contribution in [0.1, 0.15) is 22.8 Å².